The number of rotatable bonds is 6. The minimum atomic E-state index is -3.92. The first kappa shape index (κ1) is 18.0. The molecule has 3 rings (SSSR count). The van der Waals surface area contributed by atoms with E-state index < -0.39 is 10.0 Å². The molecule has 3 aromatic rings. The molecular formula is C19H16N2O3S2. The molecule has 0 N–H and O–H groups in total. The van der Waals surface area contributed by atoms with Crippen LogP contribution in [0.1, 0.15) is 10.4 Å². The average molecular weight is 384 g/mol. The summed E-state index contributed by atoms with van der Waals surface area (Å²) in [6.07, 6.45) is 0. The highest BCUT2D eigenvalue weighted by Gasteiger charge is 2.28. The smallest absolute Gasteiger partial charge is 0.265 e. The quantitative estimate of drug-likeness (QED) is 0.643. The number of nitriles is 1. The van der Waals surface area contributed by atoms with Gasteiger partial charge in [-0.2, -0.15) is 5.26 Å². The predicted octanol–water partition coefficient (Wildman–Crippen LogP) is 4.02. The molecule has 0 aliphatic rings. The summed E-state index contributed by atoms with van der Waals surface area (Å²) in [5.74, 6) is 0.639. The van der Waals surface area contributed by atoms with Crippen LogP contribution in [0.3, 0.4) is 0 Å². The molecule has 0 saturated heterocycles. The lowest BCUT2D eigenvalue weighted by molar-refractivity contribution is 0.415. The summed E-state index contributed by atoms with van der Waals surface area (Å²) in [6.45, 7) is 0.187. The van der Waals surface area contributed by atoms with Crippen LogP contribution >= 0.6 is 11.3 Å². The van der Waals surface area contributed by atoms with Gasteiger partial charge in [0.15, 0.2) is 0 Å². The molecule has 26 heavy (non-hydrogen) atoms. The van der Waals surface area contributed by atoms with E-state index in [9.17, 15) is 13.7 Å². The summed E-state index contributed by atoms with van der Waals surface area (Å²) in [4.78, 5) is 0.897. The highest BCUT2D eigenvalue weighted by Crippen LogP contribution is 2.29. The third-order valence-corrected chi connectivity index (χ3v) is 6.51. The lowest BCUT2D eigenvalue weighted by atomic mass is 10.2. The Morgan fingerprint density at radius 1 is 1.08 bits per heavy atom. The number of sulfonamides is 1. The van der Waals surface area contributed by atoms with Crippen LogP contribution in [-0.2, 0) is 16.6 Å². The second kappa shape index (κ2) is 7.60. The summed E-state index contributed by atoms with van der Waals surface area (Å²) in [7, 11) is -2.36. The van der Waals surface area contributed by atoms with Gasteiger partial charge in [-0.3, -0.25) is 4.31 Å². The third-order valence-electron chi connectivity index (χ3n) is 3.82. The maximum atomic E-state index is 13.3. The topological polar surface area (TPSA) is 70.4 Å². The van der Waals surface area contributed by atoms with Gasteiger partial charge < -0.3 is 4.74 Å². The van der Waals surface area contributed by atoms with Crippen LogP contribution in [0.5, 0.6) is 5.75 Å². The van der Waals surface area contributed by atoms with Gasteiger partial charge in [0.05, 0.1) is 24.9 Å². The van der Waals surface area contributed by atoms with E-state index in [0.29, 0.717) is 11.4 Å². The fraction of sp³-hybridized carbons (Fsp3) is 0.105. The monoisotopic (exact) mass is 384 g/mol. The molecule has 1 aromatic heterocycles. The lowest BCUT2D eigenvalue weighted by Crippen LogP contribution is -2.30. The van der Waals surface area contributed by atoms with Crippen LogP contribution in [0.2, 0.25) is 0 Å². The van der Waals surface area contributed by atoms with Gasteiger partial charge in [0.1, 0.15) is 16.7 Å². The Morgan fingerprint density at radius 2 is 1.81 bits per heavy atom. The number of ether oxygens (including phenoxy) is 1. The number of nitrogens with zero attached hydrogens (tertiary/aromatic N) is 2. The van der Waals surface area contributed by atoms with Crippen LogP contribution in [0.25, 0.3) is 0 Å². The van der Waals surface area contributed by atoms with Gasteiger partial charge in [-0.1, -0.05) is 18.2 Å². The van der Waals surface area contributed by atoms with Gasteiger partial charge in [-0.05, 0) is 47.8 Å². The maximum absolute atomic E-state index is 13.3. The van der Waals surface area contributed by atoms with Gasteiger partial charge in [-0.25, -0.2) is 8.42 Å². The Kier molecular flexibility index (Phi) is 5.26. The van der Waals surface area contributed by atoms with E-state index in [2.05, 4.69) is 0 Å². The molecule has 132 valence electrons. The molecule has 5 nitrogen and oxygen atoms in total. The summed E-state index contributed by atoms with van der Waals surface area (Å²) >= 11 is 1.48. The fourth-order valence-corrected chi connectivity index (χ4v) is 4.87. The first-order chi connectivity index (χ1) is 12.6. The number of hydrogen-bond acceptors (Lipinski definition) is 5. The molecule has 0 saturated carbocycles. The van der Waals surface area contributed by atoms with Crippen LogP contribution in [0, 0.1) is 11.3 Å². The zero-order valence-corrected chi connectivity index (χ0v) is 15.6. The van der Waals surface area contributed by atoms with Crippen LogP contribution < -0.4 is 9.04 Å². The van der Waals surface area contributed by atoms with Crippen LogP contribution in [0.15, 0.2) is 70.9 Å². The minimum Gasteiger partial charge on any atom is -0.497 e. The van der Waals surface area contributed by atoms with Crippen molar-refractivity contribution in [3.8, 4) is 11.8 Å². The SMILES string of the molecule is COc1ccc(N(Cc2cccs2)S(=O)(=O)c2ccccc2C#N)cc1. The standard InChI is InChI=1S/C19H16N2O3S2/c1-24-17-10-8-16(9-11-17)21(14-18-6-4-12-25-18)26(22,23)19-7-3-2-5-15(19)13-20/h2-12H,14H2,1H3. The largest absolute Gasteiger partial charge is 0.497 e. The lowest BCUT2D eigenvalue weighted by Gasteiger charge is -2.24. The van der Waals surface area contributed by atoms with Crippen molar-refractivity contribution >= 4 is 27.0 Å². The molecule has 1 heterocycles. The maximum Gasteiger partial charge on any atom is 0.265 e. The number of methoxy groups -OCH3 is 1. The molecule has 0 fully saturated rings. The van der Waals surface area contributed by atoms with Gasteiger partial charge >= 0.3 is 0 Å². The zero-order chi connectivity index (χ0) is 18.6. The molecule has 0 aliphatic heterocycles. The fourth-order valence-electron chi connectivity index (χ4n) is 2.51. The van der Waals surface area contributed by atoms with Gasteiger partial charge in [0.2, 0.25) is 0 Å². The van der Waals surface area contributed by atoms with Gasteiger partial charge in [0.25, 0.3) is 10.0 Å². The highest BCUT2D eigenvalue weighted by atomic mass is 32.2. The van der Waals surface area contributed by atoms with E-state index in [-0.39, 0.29) is 17.0 Å². The van der Waals surface area contributed by atoms with Crippen molar-refractivity contribution in [1.82, 2.24) is 0 Å². The number of hydrogen-bond donors (Lipinski definition) is 0. The van der Waals surface area contributed by atoms with Crippen molar-refractivity contribution in [3.05, 3.63) is 76.5 Å². The Balaban J connectivity index is 2.11. The van der Waals surface area contributed by atoms with Crippen molar-refractivity contribution < 1.29 is 13.2 Å². The van der Waals surface area contributed by atoms with E-state index in [1.54, 1.807) is 43.5 Å². The number of thiophene rings is 1. The Hall–Kier alpha value is -2.82. The first-order valence-corrected chi connectivity index (χ1v) is 10.1. The molecule has 0 amide bonds. The van der Waals surface area contributed by atoms with E-state index in [0.717, 1.165) is 4.88 Å². The summed E-state index contributed by atoms with van der Waals surface area (Å²) in [6, 6.07) is 18.8. The molecule has 0 atom stereocenters. The normalized spacial score (nSPS) is 10.9. The van der Waals surface area contributed by atoms with Crippen molar-refractivity contribution in [2.45, 2.75) is 11.4 Å². The summed E-state index contributed by atoms with van der Waals surface area (Å²) in [5, 5.41) is 11.2. The van der Waals surface area contributed by atoms with E-state index in [4.69, 9.17) is 4.74 Å². The molecule has 0 spiro atoms. The van der Waals surface area contributed by atoms with E-state index in [1.165, 1.54) is 27.8 Å². The molecule has 0 bridgehead atoms. The Morgan fingerprint density at radius 3 is 2.42 bits per heavy atom. The second-order valence-corrected chi connectivity index (χ2v) is 8.26. The average Bonchev–Trinajstić information content (AvgIpc) is 3.19. The molecule has 0 aliphatic carbocycles. The minimum absolute atomic E-state index is 0.00475. The third kappa shape index (κ3) is 3.57. The van der Waals surface area contributed by atoms with Crippen molar-refractivity contribution in [2.75, 3.05) is 11.4 Å². The zero-order valence-electron chi connectivity index (χ0n) is 14.0. The number of benzene rings is 2. The van der Waals surface area contributed by atoms with Crippen LogP contribution in [-0.4, -0.2) is 15.5 Å². The van der Waals surface area contributed by atoms with Crippen molar-refractivity contribution in [1.29, 1.82) is 5.26 Å². The van der Waals surface area contributed by atoms with Gasteiger partial charge in [0, 0.05) is 4.88 Å². The van der Waals surface area contributed by atoms with E-state index >= 15 is 0 Å². The predicted molar refractivity (Wildman–Crippen MR) is 102 cm³/mol. The molecule has 2 aromatic carbocycles. The molecule has 0 unspecified atom stereocenters. The second-order valence-electron chi connectivity index (χ2n) is 5.40. The van der Waals surface area contributed by atoms with E-state index in [1.807, 2.05) is 23.6 Å². The molecular weight excluding hydrogens is 368 g/mol. The summed E-state index contributed by atoms with van der Waals surface area (Å²) in [5.41, 5.74) is 0.629. The first-order valence-electron chi connectivity index (χ1n) is 7.74. The summed E-state index contributed by atoms with van der Waals surface area (Å²) < 4.78 is 33.1. The van der Waals surface area contributed by atoms with Crippen molar-refractivity contribution in [3.63, 3.8) is 0 Å². The Labute approximate surface area is 156 Å². The van der Waals surface area contributed by atoms with Gasteiger partial charge in [-0.15, -0.1) is 11.3 Å². The Bertz CT molecular complexity index is 1020. The molecule has 0 radical (unpaired) electrons. The molecule has 7 heteroatoms. The van der Waals surface area contributed by atoms with Crippen molar-refractivity contribution in [2.24, 2.45) is 0 Å². The number of anilines is 1. The van der Waals surface area contributed by atoms with Crippen LogP contribution in [0.4, 0.5) is 5.69 Å². The highest BCUT2D eigenvalue weighted by molar-refractivity contribution is 7.92.